The predicted octanol–water partition coefficient (Wildman–Crippen LogP) is 4.07. The van der Waals surface area contributed by atoms with Gasteiger partial charge in [-0.2, -0.15) is 0 Å². The summed E-state index contributed by atoms with van der Waals surface area (Å²) in [5.41, 5.74) is 1.48. The van der Waals surface area contributed by atoms with E-state index in [1.54, 1.807) is 36.5 Å². The van der Waals surface area contributed by atoms with E-state index in [4.69, 9.17) is 0 Å². The zero-order chi connectivity index (χ0) is 16.4. The van der Waals surface area contributed by atoms with Crippen LogP contribution in [0.3, 0.4) is 0 Å². The molecule has 0 saturated heterocycles. The molecule has 0 spiro atoms. The van der Waals surface area contributed by atoms with Crippen LogP contribution in [0.4, 0.5) is 4.39 Å². The third kappa shape index (κ3) is 3.54. The monoisotopic (exact) mass is 347 g/mol. The standard InChI is InChI=1S/C17H14FNO2S2/c1-23(20,21)16-7-3-2-6-15(16)22-11-13-10-14(18)9-12-5-4-8-19-17(12)13/h2-10H,11H2,1H3. The van der Waals surface area contributed by atoms with Crippen molar-refractivity contribution in [3.8, 4) is 0 Å². The Hall–Kier alpha value is -1.92. The lowest BCUT2D eigenvalue weighted by Crippen LogP contribution is -1.99. The molecule has 0 unspecified atom stereocenters. The smallest absolute Gasteiger partial charge is 0.176 e. The van der Waals surface area contributed by atoms with Gasteiger partial charge in [0.1, 0.15) is 5.82 Å². The van der Waals surface area contributed by atoms with E-state index in [1.165, 1.54) is 30.2 Å². The van der Waals surface area contributed by atoms with Crippen LogP contribution in [0.25, 0.3) is 10.9 Å². The van der Waals surface area contributed by atoms with Crippen molar-refractivity contribution in [3.05, 3.63) is 66.1 Å². The number of rotatable bonds is 4. The average molecular weight is 347 g/mol. The highest BCUT2D eigenvalue weighted by Gasteiger charge is 2.14. The number of aromatic nitrogens is 1. The van der Waals surface area contributed by atoms with E-state index in [0.717, 1.165) is 16.5 Å². The van der Waals surface area contributed by atoms with Crippen molar-refractivity contribution in [2.75, 3.05) is 6.26 Å². The highest BCUT2D eigenvalue weighted by Crippen LogP contribution is 2.31. The Morgan fingerprint density at radius 3 is 2.70 bits per heavy atom. The fourth-order valence-corrected chi connectivity index (χ4v) is 4.68. The Morgan fingerprint density at radius 1 is 1.13 bits per heavy atom. The summed E-state index contributed by atoms with van der Waals surface area (Å²) in [4.78, 5) is 5.25. The lowest BCUT2D eigenvalue weighted by molar-refractivity contribution is 0.600. The second-order valence-corrected chi connectivity index (χ2v) is 8.15. The topological polar surface area (TPSA) is 47.0 Å². The molecule has 3 nitrogen and oxygen atoms in total. The third-order valence-electron chi connectivity index (χ3n) is 3.38. The van der Waals surface area contributed by atoms with Crippen LogP contribution in [0.2, 0.25) is 0 Å². The molecule has 0 N–H and O–H groups in total. The first-order chi connectivity index (χ1) is 10.9. The van der Waals surface area contributed by atoms with Gasteiger partial charge in [-0.15, -0.1) is 11.8 Å². The van der Waals surface area contributed by atoms with Crippen molar-refractivity contribution in [2.45, 2.75) is 15.5 Å². The number of benzene rings is 2. The summed E-state index contributed by atoms with van der Waals surface area (Å²) in [6, 6.07) is 13.3. The lowest BCUT2D eigenvalue weighted by atomic mass is 10.1. The largest absolute Gasteiger partial charge is 0.256 e. The first kappa shape index (κ1) is 16.0. The van der Waals surface area contributed by atoms with Gasteiger partial charge < -0.3 is 0 Å². The van der Waals surface area contributed by atoms with E-state index in [0.29, 0.717) is 15.5 Å². The van der Waals surface area contributed by atoms with Crippen LogP contribution in [0, 0.1) is 5.82 Å². The van der Waals surface area contributed by atoms with Crippen molar-refractivity contribution >= 4 is 32.5 Å². The van der Waals surface area contributed by atoms with Crippen molar-refractivity contribution in [1.29, 1.82) is 0 Å². The highest BCUT2D eigenvalue weighted by atomic mass is 32.2. The summed E-state index contributed by atoms with van der Waals surface area (Å²) >= 11 is 1.36. The fourth-order valence-electron chi connectivity index (χ4n) is 2.37. The minimum absolute atomic E-state index is 0.290. The van der Waals surface area contributed by atoms with Gasteiger partial charge in [0.15, 0.2) is 9.84 Å². The van der Waals surface area contributed by atoms with Gasteiger partial charge >= 0.3 is 0 Å². The molecule has 0 aliphatic rings. The highest BCUT2D eigenvalue weighted by molar-refractivity contribution is 7.99. The molecule has 0 amide bonds. The molecule has 0 atom stereocenters. The van der Waals surface area contributed by atoms with Crippen molar-refractivity contribution in [2.24, 2.45) is 0 Å². The van der Waals surface area contributed by atoms with Crippen LogP contribution in [-0.2, 0) is 15.6 Å². The van der Waals surface area contributed by atoms with Gasteiger partial charge in [-0.05, 0) is 35.9 Å². The average Bonchev–Trinajstić information content (AvgIpc) is 2.52. The Labute approximate surface area is 138 Å². The quantitative estimate of drug-likeness (QED) is 0.668. The summed E-state index contributed by atoms with van der Waals surface area (Å²) in [6.07, 6.45) is 2.85. The van der Waals surface area contributed by atoms with E-state index >= 15 is 0 Å². The van der Waals surface area contributed by atoms with Gasteiger partial charge in [-0.25, -0.2) is 12.8 Å². The maximum absolute atomic E-state index is 13.8. The molecule has 0 fully saturated rings. The van der Waals surface area contributed by atoms with E-state index < -0.39 is 9.84 Å². The molecule has 6 heteroatoms. The molecule has 1 aromatic heterocycles. The second kappa shape index (κ2) is 6.29. The molecule has 3 rings (SSSR count). The maximum Gasteiger partial charge on any atom is 0.176 e. The number of thioether (sulfide) groups is 1. The number of hydrogen-bond donors (Lipinski definition) is 0. The molecule has 0 bridgehead atoms. The summed E-state index contributed by atoms with van der Waals surface area (Å²) in [7, 11) is -3.30. The van der Waals surface area contributed by atoms with Crippen LogP contribution in [0.1, 0.15) is 5.56 Å². The van der Waals surface area contributed by atoms with Crippen LogP contribution in [-0.4, -0.2) is 19.7 Å². The molecule has 0 saturated carbocycles. The van der Waals surface area contributed by atoms with Crippen molar-refractivity contribution in [3.63, 3.8) is 0 Å². The molecule has 1 heterocycles. The molecular weight excluding hydrogens is 333 g/mol. The molecule has 118 valence electrons. The van der Waals surface area contributed by atoms with Gasteiger partial charge in [0, 0.05) is 28.5 Å². The minimum atomic E-state index is -3.30. The van der Waals surface area contributed by atoms with E-state index in [1.807, 2.05) is 6.07 Å². The van der Waals surface area contributed by atoms with Crippen molar-refractivity contribution in [1.82, 2.24) is 4.98 Å². The van der Waals surface area contributed by atoms with Gasteiger partial charge in [-0.3, -0.25) is 4.98 Å². The predicted molar refractivity (Wildman–Crippen MR) is 90.8 cm³/mol. The molecule has 23 heavy (non-hydrogen) atoms. The number of sulfone groups is 1. The molecule has 0 radical (unpaired) electrons. The normalized spacial score (nSPS) is 11.7. The summed E-state index contributed by atoms with van der Waals surface area (Å²) in [6.45, 7) is 0. The van der Waals surface area contributed by atoms with E-state index in [2.05, 4.69) is 4.98 Å². The van der Waals surface area contributed by atoms with Gasteiger partial charge in [0.2, 0.25) is 0 Å². The Morgan fingerprint density at radius 2 is 1.91 bits per heavy atom. The lowest BCUT2D eigenvalue weighted by Gasteiger charge is -2.09. The third-order valence-corrected chi connectivity index (χ3v) is 5.79. The van der Waals surface area contributed by atoms with E-state index in [9.17, 15) is 12.8 Å². The molecular formula is C17H14FNO2S2. The first-order valence-electron chi connectivity index (χ1n) is 6.90. The summed E-state index contributed by atoms with van der Waals surface area (Å²) in [5.74, 6) is 0.121. The number of nitrogens with zero attached hydrogens (tertiary/aromatic N) is 1. The van der Waals surface area contributed by atoms with Crippen LogP contribution in [0.15, 0.2) is 64.5 Å². The molecule has 3 aromatic rings. The molecule has 2 aromatic carbocycles. The Balaban J connectivity index is 1.97. The summed E-state index contributed by atoms with van der Waals surface area (Å²) in [5, 5.41) is 0.736. The Bertz CT molecular complexity index is 971. The van der Waals surface area contributed by atoms with Crippen LogP contribution >= 0.6 is 11.8 Å². The van der Waals surface area contributed by atoms with Gasteiger partial charge in [-0.1, -0.05) is 18.2 Å². The van der Waals surface area contributed by atoms with E-state index in [-0.39, 0.29) is 5.82 Å². The van der Waals surface area contributed by atoms with Gasteiger partial charge in [0.25, 0.3) is 0 Å². The molecule has 0 aliphatic heterocycles. The SMILES string of the molecule is CS(=O)(=O)c1ccccc1SCc1cc(F)cc2cccnc12. The Kier molecular flexibility index (Phi) is 4.37. The molecule has 0 aliphatic carbocycles. The zero-order valence-corrected chi connectivity index (χ0v) is 14.0. The first-order valence-corrected chi connectivity index (χ1v) is 9.78. The number of pyridine rings is 1. The fraction of sp³-hybridized carbons (Fsp3) is 0.118. The van der Waals surface area contributed by atoms with Gasteiger partial charge in [0.05, 0.1) is 10.4 Å². The van der Waals surface area contributed by atoms with Crippen molar-refractivity contribution < 1.29 is 12.8 Å². The number of fused-ring (bicyclic) bond motifs is 1. The van der Waals surface area contributed by atoms with Crippen LogP contribution < -0.4 is 0 Å². The van der Waals surface area contributed by atoms with Crippen LogP contribution in [0.5, 0.6) is 0 Å². The second-order valence-electron chi connectivity index (χ2n) is 5.15. The minimum Gasteiger partial charge on any atom is -0.256 e. The maximum atomic E-state index is 13.8. The number of halogens is 1. The zero-order valence-electron chi connectivity index (χ0n) is 12.4. The summed E-state index contributed by atoms with van der Waals surface area (Å²) < 4.78 is 37.5. The number of hydrogen-bond acceptors (Lipinski definition) is 4.